The number of nitriles is 1. The van der Waals surface area contributed by atoms with Crippen molar-refractivity contribution in [2.24, 2.45) is 0 Å². The Morgan fingerprint density at radius 2 is 2.21 bits per heavy atom. The minimum atomic E-state index is 0.603. The van der Waals surface area contributed by atoms with Crippen LogP contribution in [0.15, 0.2) is 18.2 Å². The fourth-order valence-electron chi connectivity index (χ4n) is 2.04. The molecule has 0 atom stereocenters. The molecule has 5 heteroatoms. The van der Waals surface area contributed by atoms with E-state index in [2.05, 4.69) is 16.3 Å². The van der Waals surface area contributed by atoms with Gasteiger partial charge in [0.05, 0.1) is 24.5 Å². The molecule has 1 N–H and O–H groups in total. The van der Waals surface area contributed by atoms with Gasteiger partial charge in [0, 0.05) is 26.7 Å². The van der Waals surface area contributed by atoms with Crippen LogP contribution in [0.2, 0.25) is 0 Å². The Bertz CT molecular complexity index is 450. The summed E-state index contributed by atoms with van der Waals surface area (Å²) in [6, 6.07) is 7.67. The lowest BCUT2D eigenvalue weighted by Gasteiger charge is -2.26. The van der Waals surface area contributed by atoms with Gasteiger partial charge in [-0.3, -0.25) is 4.90 Å². The number of anilines is 1. The van der Waals surface area contributed by atoms with Gasteiger partial charge in [-0.05, 0) is 18.2 Å². The van der Waals surface area contributed by atoms with Crippen LogP contribution in [0.1, 0.15) is 5.56 Å². The topological polar surface area (TPSA) is 57.5 Å². The predicted octanol–water partition coefficient (Wildman–Crippen LogP) is 1.31. The molecule has 1 aliphatic rings. The highest BCUT2D eigenvalue weighted by Gasteiger charge is 2.10. The summed E-state index contributed by atoms with van der Waals surface area (Å²) in [6.45, 7) is 5.05. The van der Waals surface area contributed by atoms with Gasteiger partial charge in [-0.2, -0.15) is 5.26 Å². The molecule has 0 unspecified atom stereocenters. The second-order valence-corrected chi connectivity index (χ2v) is 4.37. The lowest BCUT2D eigenvalue weighted by atomic mass is 10.2. The van der Waals surface area contributed by atoms with Crippen molar-refractivity contribution in [2.75, 3.05) is 51.8 Å². The molecule has 1 fully saturated rings. The molecule has 1 aromatic rings. The molecular formula is C14H19N3O2. The fourth-order valence-corrected chi connectivity index (χ4v) is 2.04. The van der Waals surface area contributed by atoms with Crippen molar-refractivity contribution in [3.8, 4) is 11.8 Å². The maximum absolute atomic E-state index is 9.04. The summed E-state index contributed by atoms with van der Waals surface area (Å²) in [6.07, 6.45) is 0. The molecule has 0 bridgehead atoms. The van der Waals surface area contributed by atoms with Crippen LogP contribution in [0, 0.1) is 11.3 Å². The molecule has 0 spiro atoms. The predicted molar refractivity (Wildman–Crippen MR) is 73.5 cm³/mol. The third kappa shape index (κ3) is 3.85. The molecule has 1 aliphatic heterocycles. The zero-order valence-corrected chi connectivity index (χ0v) is 11.2. The smallest absolute Gasteiger partial charge is 0.120 e. The van der Waals surface area contributed by atoms with Crippen molar-refractivity contribution in [1.82, 2.24) is 4.90 Å². The summed E-state index contributed by atoms with van der Waals surface area (Å²) < 4.78 is 11.0. The number of hydrogen-bond donors (Lipinski definition) is 1. The van der Waals surface area contributed by atoms with Gasteiger partial charge in [0.15, 0.2) is 0 Å². The van der Waals surface area contributed by atoms with Crippen LogP contribution in [0.3, 0.4) is 0 Å². The van der Waals surface area contributed by atoms with E-state index in [-0.39, 0.29) is 0 Å². The van der Waals surface area contributed by atoms with Crippen LogP contribution < -0.4 is 10.1 Å². The van der Waals surface area contributed by atoms with Gasteiger partial charge in [0.1, 0.15) is 18.4 Å². The van der Waals surface area contributed by atoms with Gasteiger partial charge in [-0.1, -0.05) is 0 Å². The normalized spacial score (nSPS) is 15.8. The minimum Gasteiger partial charge on any atom is -0.492 e. The average Bonchev–Trinajstić information content (AvgIpc) is 2.48. The zero-order chi connectivity index (χ0) is 13.5. The van der Waals surface area contributed by atoms with Crippen molar-refractivity contribution in [3.63, 3.8) is 0 Å². The maximum atomic E-state index is 9.04. The maximum Gasteiger partial charge on any atom is 0.120 e. The fraction of sp³-hybridized carbons (Fsp3) is 0.500. The number of morpholine rings is 1. The Hall–Kier alpha value is -1.77. The van der Waals surface area contributed by atoms with Gasteiger partial charge in [0.2, 0.25) is 0 Å². The molecule has 2 rings (SSSR count). The molecule has 0 aromatic heterocycles. The molecule has 102 valence electrons. The Morgan fingerprint density at radius 1 is 1.42 bits per heavy atom. The monoisotopic (exact) mass is 261 g/mol. The number of nitrogens with one attached hydrogen (secondary N) is 1. The molecule has 5 nitrogen and oxygen atoms in total. The number of hydrogen-bond acceptors (Lipinski definition) is 5. The van der Waals surface area contributed by atoms with Crippen LogP contribution in [0.4, 0.5) is 5.69 Å². The van der Waals surface area contributed by atoms with Gasteiger partial charge >= 0.3 is 0 Å². The summed E-state index contributed by atoms with van der Waals surface area (Å²) in [5.41, 5.74) is 1.43. The molecule has 0 saturated carbocycles. The largest absolute Gasteiger partial charge is 0.492 e. The van der Waals surface area contributed by atoms with E-state index in [0.29, 0.717) is 12.2 Å². The third-order valence-electron chi connectivity index (χ3n) is 3.16. The van der Waals surface area contributed by atoms with Gasteiger partial charge in [0.25, 0.3) is 0 Å². The van der Waals surface area contributed by atoms with E-state index in [1.807, 2.05) is 12.1 Å². The van der Waals surface area contributed by atoms with E-state index in [9.17, 15) is 0 Å². The highest BCUT2D eigenvalue weighted by atomic mass is 16.5. The molecule has 0 radical (unpaired) electrons. The first-order chi connectivity index (χ1) is 9.33. The average molecular weight is 261 g/mol. The molecule has 0 amide bonds. The molecule has 19 heavy (non-hydrogen) atoms. The second kappa shape index (κ2) is 6.98. The summed E-state index contributed by atoms with van der Waals surface area (Å²) >= 11 is 0. The Morgan fingerprint density at radius 3 is 2.89 bits per heavy atom. The Kier molecular flexibility index (Phi) is 5.01. The molecular weight excluding hydrogens is 242 g/mol. The van der Waals surface area contributed by atoms with Crippen LogP contribution in [0.25, 0.3) is 0 Å². The standard InChI is InChI=1S/C14H19N3O2/c1-16-14-3-2-13(10-12(14)11-15)19-9-6-17-4-7-18-8-5-17/h2-3,10,16H,4-9H2,1H3. The van der Waals surface area contributed by atoms with Crippen molar-refractivity contribution < 1.29 is 9.47 Å². The zero-order valence-electron chi connectivity index (χ0n) is 11.2. The lowest BCUT2D eigenvalue weighted by Crippen LogP contribution is -2.38. The van der Waals surface area contributed by atoms with E-state index in [1.165, 1.54) is 0 Å². The molecule has 1 saturated heterocycles. The van der Waals surface area contributed by atoms with Crippen LogP contribution in [-0.2, 0) is 4.74 Å². The van der Waals surface area contributed by atoms with E-state index < -0.39 is 0 Å². The van der Waals surface area contributed by atoms with Crippen molar-refractivity contribution in [1.29, 1.82) is 5.26 Å². The van der Waals surface area contributed by atoms with Crippen LogP contribution in [-0.4, -0.2) is 51.4 Å². The quantitative estimate of drug-likeness (QED) is 0.866. The number of benzene rings is 1. The lowest BCUT2D eigenvalue weighted by molar-refractivity contribution is 0.0322. The van der Waals surface area contributed by atoms with Crippen molar-refractivity contribution in [3.05, 3.63) is 23.8 Å². The number of rotatable bonds is 5. The van der Waals surface area contributed by atoms with E-state index in [1.54, 1.807) is 13.1 Å². The summed E-state index contributed by atoms with van der Waals surface area (Å²) in [4.78, 5) is 2.32. The SMILES string of the molecule is CNc1ccc(OCCN2CCOCC2)cc1C#N. The third-order valence-corrected chi connectivity index (χ3v) is 3.16. The second-order valence-electron chi connectivity index (χ2n) is 4.37. The van der Waals surface area contributed by atoms with Gasteiger partial charge < -0.3 is 14.8 Å². The summed E-state index contributed by atoms with van der Waals surface area (Å²) in [5, 5.41) is 12.0. The summed E-state index contributed by atoms with van der Waals surface area (Å²) in [7, 11) is 1.80. The molecule has 1 heterocycles. The van der Waals surface area contributed by atoms with E-state index in [0.717, 1.165) is 44.3 Å². The summed E-state index contributed by atoms with van der Waals surface area (Å²) in [5.74, 6) is 0.740. The Labute approximate surface area is 113 Å². The van der Waals surface area contributed by atoms with E-state index >= 15 is 0 Å². The highest BCUT2D eigenvalue weighted by molar-refractivity contribution is 5.59. The van der Waals surface area contributed by atoms with Crippen molar-refractivity contribution >= 4 is 5.69 Å². The van der Waals surface area contributed by atoms with Crippen molar-refractivity contribution in [2.45, 2.75) is 0 Å². The first-order valence-corrected chi connectivity index (χ1v) is 6.48. The number of nitrogens with zero attached hydrogens (tertiary/aromatic N) is 2. The highest BCUT2D eigenvalue weighted by Crippen LogP contribution is 2.20. The Balaban J connectivity index is 1.84. The minimum absolute atomic E-state index is 0.603. The van der Waals surface area contributed by atoms with Gasteiger partial charge in [-0.15, -0.1) is 0 Å². The van der Waals surface area contributed by atoms with Gasteiger partial charge in [-0.25, -0.2) is 0 Å². The first kappa shape index (κ1) is 13.7. The molecule has 0 aliphatic carbocycles. The van der Waals surface area contributed by atoms with E-state index in [4.69, 9.17) is 14.7 Å². The first-order valence-electron chi connectivity index (χ1n) is 6.48. The molecule has 1 aromatic carbocycles. The van der Waals surface area contributed by atoms with Crippen LogP contribution >= 0.6 is 0 Å². The van der Waals surface area contributed by atoms with Crippen LogP contribution in [0.5, 0.6) is 5.75 Å². The number of ether oxygens (including phenoxy) is 2.